The lowest BCUT2D eigenvalue weighted by Crippen LogP contribution is -2.23. The molecule has 1 N–H and O–H groups in total. The number of aromatic nitrogens is 1. The fraction of sp³-hybridized carbons (Fsp3) is 0.208. The molecule has 0 unspecified atom stereocenters. The van der Waals surface area contributed by atoms with E-state index in [1.165, 1.54) is 6.07 Å². The van der Waals surface area contributed by atoms with Gasteiger partial charge >= 0.3 is 5.97 Å². The second-order valence-electron chi connectivity index (χ2n) is 7.31. The number of hydrogen-bond donors (Lipinski definition) is 1. The third-order valence-electron chi connectivity index (χ3n) is 5.33. The topological polar surface area (TPSA) is 103 Å². The summed E-state index contributed by atoms with van der Waals surface area (Å²) in [5.74, 6) is 0.185. The summed E-state index contributed by atoms with van der Waals surface area (Å²) < 4.78 is 17.5. The van der Waals surface area contributed by atoms with Crippen LogP contribution in [-0.4, -0.2) is 29.8 Å². The predicted molar refractivity (Wildman–Crippen MR) is 116 cm³/mol. The zero-order chi connectivity index (χ0) is 22.7. The Morgan fingerprint density at radius 2 is 1.88 bits per heavy atom. The minimum Gasteiger partial charge on any atom is -0.454 e. The van der Waals surface area contributed by atoms with E-state index in [0.29, 0.717) is 29.4 Å². The Bertz CT molecular complexity index is 1220. The Hall–Kier alpha value is -4.25. The number of rotatable bonds is 6. The van der Waals surface area contributed by atoms with Crippen LogP contribution in [0.5, 0.6) is 11.5 Å². The number of nitrogens with one attached hydrogen (secondary N) is 1. The van der Waals surface area contributed by atoms with Crippen molar-refractivity contribution in [2.45, 2.75) is 20.4 Å². The van der Waals surface area contributed by atoms with Crippen molar-refractivity contribution in [2.75, 3.05) is 18.7 Å². The highest BCUT2D eigenvalue weighted by Gasteiger charge is 2.21. The first-order chi connectivity index (χ1) is 15.5. The normalized spacial score (nSPS) is 11.7. The van der Waals surface area contributed by atoms with Crippen molar-refractivity contribution < 1.29 is 23.8 Å². The second kappa shape index (κ2) is 8.86. The summed E-state index contributed by atoms with van der Waals surface area (Å²) in [4.78, 5) is 24.9. The summed E-state index contributed by atoms with van der Waals surface area (Å²) >= 11 is 0. The molecule has 1 amide bonds. The van der Waals surface area contributed by atoms with Gasteiger partial charge in [-0.1, -0.05) is 30.3 Å². The highest BCUT2D eigenvalue weighted by atomic mass is 16.7. The van der Waals surface area contributed by atoms with Gasteiger partial charge in [0, 0.05) is 12.2 Å². The largest absolute Gasteiger partial charge is 0.454 e. The van der Waals surface area contributed by atoms with E-state index in [1.807, 2.05) is 48.7 Å². The molecule has 0 fully saturated rings. The monoisotopic (exact) mass is 431 g/mol. The average Bonchev–Trinajstić information content (AvgIpc) is 3.36. The van der Waals surface area contributed by atoms with Crippen molar-refractivity contribution in [1.82, 2.24) is 4.57 Å². The SMILES string of the molecule is Cc1c(C#N)c(NC(=O)COC(=O)c2ccc3c(c2)OCO3)n(Cc2ccccc2)c1C. The molecule has 0 atom stereocenters. The lowest BCUT2D eigenvalue weighted by molar-refractivity contribution is -0.119. The molecule has 8 heteroatoms. The van der Waals surface area contributed by atoms with Gasteiger partial charge in [0.15, 0.2) is 18.1 Å². The molecule has 2 aromatic carbocycles. The molecule has 1 aromatic heterocycles. The van der Waals surface area contributed by atoms with Crippen molar-refractivity contribution in [3.63, 3.8) is 0 Å². The standard InChI is InChI=1S/C24H21N3O5/c1-15-16(2)27(12-17-6-4-3-5-7-17)23(19(15)11-25)26-22(28)13-30-24(29)18-8-9-20-21(10-18)32-14-31-20/h3-10H,12-14H2,1-2H3,(H,26,28). The molecule has 0 radical (unpaired) electrons. The zero-order valence-electron chi connectivity index (χ0n) is 17.7. The fourth-order valence-electron chi connectivity index (χ4n) is 3.50. The van der Waals surface area contributed by atoms with E-state index in [4.69, 9.17) is 14.2 Å². The van der Waals surface area contributed by atoms with E-state index in [0.717, 1.165) is 16.8 Å². The summed E-state index contributed by atoms with van der Waals surface area (Å²) in [7, 11) is 0. The van der Waals surface area contributed by atoms with E-state index in [-0.39, 0.29) is 12.4 Å². The molecule has 4 rings (SSSR count). The Labute approximate surface area is 184 Å². The summed E-state index contributed by atoms with van der Waals surface area (Å²) in [5.41, 5.74) is 3.32. The highest BCUT2D eigenvalue weighted by molar-refractivity contribution is 5.96. The van der Waals surface area contributed by atoms with Crippen LogP contribution >= 0.6 is 0 Å². The van der Waals surface area contributed by atoms with Crippen molar-refractivity contribution in [3.05, 3.63) is 76.5 Å². The van der Waals surface area contributed by atoms with Gasteiger partial charge in [-0.25, -0.2) is 4.79 Å². The lowest BCUT2D eigenvalue weighted by atomic mass is 10.2. The van der Waals surface area contributed by atoms with Gasteiger partial charge < -0.3 is 24.1 Å². The summed E-state index contributed by atoms with van der Waals surface area (Å²) in [6.07, 6.45) is 0. The van der Waals surface area contributed by atoms with Gasteiger partial charge in [-0.15, -0.1) is 0 Å². The van der Waals surface area contributed by atoms with Gasteiger partial charge in [-0.3, -0.25) is 4.79 Å². The minimum absolute atomic E-state index is 0.0962. The summed E-state index contributed by atoms with van der Waals surface area (Å²) in [5, 5.41) is 12.4. The van der Waals surface area contributed by atoms with E-state index in [9.17, 15) is 14.9 Å². The van der Waals surface area contributed by atoms with Crippen LogP contribution in [0, 0.1) is 25.2 Å². The Morgan fingerprint density at radius 1 is 1.12 bits per heavy atom. The van der Waals surface area contributed by atoms with Crippen LogP contribution in [0.3, 0.4) is 0 Å². The van der Waals surface area contributed by atoms with E-state index < -0.39 is 18.5 Å². The number of carbonyl (C=O) groups is 2. The van der Waals surface area contributed by atoms with Crippen LogP contribution in [0.2, 0.25) is 0 Å². The van der Waals surface area contributed by atoms with Crippen LogP contribution in [-0.2, 0) is 16.1 Å². The molecule has 2 heterocycles. The molecule has 0 saturated carbocycles. The summed E-state index contributed by atoms with van der Waals surface area (Å²) in [6.45, 7) is 3.83. The average molecular weight is 431 g/mol. The van der Waals surface area contributed by atoms with Gasteiger partial charge in [0.05, 0.1) is 11.1 Å². The van der Waals surface area contributed by atoms with Crippen molar-refractivity contribution in [2.24, 2.45) is 0 Å². The predicted octanol–water partition coefficient (Wildman–Crippen LogP) is 3.55. The maximum absolute atomic E-state index is 12.6. The van der Waals surface area contributed by atoms with Gasteiger partial charge in [-0.05, 0) is 43.2 Å². The van der Waals surface area contributed by atoms with Gasteiger partial charge in [0.2, 0.25) is 6.79 Å². The molecule has 0 bridgehead atoms. The molecular formula is C24H21N3O5. The quantitative estimate of drug-likeness (QED) is 0.599. The summed E-state index contributed by atoms with van der Waals surface area (Å²) in [6, 6.07) is 16.6. The number of benzene rings is 2. The van der Waals surface area contributed by atoms with E-state index in [2.05, 4.69) is 11.4 Å². The number of amides is 1. The molecule has 8 nitrogen and oxygen atoms in total. The minimum atomic E-state index is -0.661. The molecular weight excluding hydrogens is 410 g/mol. The molecule has 0 saturated heterocycles. The van der Waals surface area contributed by atoms with Crippen molar-refractivity contribution in [3.8, 4) is 17.6 Å². The number of nitrogens with zero attached hydrogens (tertiary/aromatic N) is 2. The van der Waals surface area contributed by atoms with Crippen LogP contribution in [0.1, 0.15) is 32.7 Å². The lowest BCUT2D eigenvalue weighted by Gasteiger charge is -2.13. The molecule has 0 spiro atoms. The third-order valence-corrected chi connectivity index (χ3v) is 5.33. The van der Waals surface area contributed by atoms with Crippen LogP contribution in [0.15, 0.2) is 48.5 Å². The first-order valence-electron chi connectivity index (χ1n) is 9.98. The smallest absolute Gasteiger partial charge is 0.338 e. The maximum atomic E-state index is 12.6. The number of anilines is 1. The Balaban J connectivity index is 1.47. The number of ether oxygens (including phenoxy) is 3. The van der Waals surface area contributed by atoms with Crippen LogP contribution in [0.4, 0.5) is 5.82 Å². The van der Waals surface area contributed by atoms with E-state index in [1.54, 1.807) is 12.1 Å². The molecule has 162 valence electrons. The van der Waals surface area contributed by atoms with Gasteiger partial charge in [0.1, 0.15) is 11.9 Å². The van der Waals surface area contributed by atoms with Crippen LogP contribution in [0.25, 0.3) is 0 Å². The van der Waals surface area contributed by atoms with Crippen molar-refractivity contribution in [1.29, 1.82) is 5.26 Å². The Morgan fingerprint density at radius 3 is 2.62 bits per heavy atom. The highest BCUT2D eigenvalue weighted by Crippen LogP contribution is 2.32. The molecule has 1 aliphatic rings. The molecule has 0 aliphatic carbocycles. The Kier molecular flexibility index (Phi) is 5.81. The number of esters is 1. The number of carbonyl (C=O) groups excluding carboxylic acids is 2. The molecule has 32 heavy (non-hydrogen) atoms. The van der Waals surface area contributed by atoms with Crippen molar-refractivity contribution >= 4 is 17.7 Å². The number of fused-ring (bicyclic) bond motifs is 1. The zero-order valence-corrected chi connectivity index (χ0v) is 17.7. The molecule has 1 aliphatic heterocycles. The van der Waals surface area contributed by atoms with Gasteiger partial charge in [0.25, 0.3) is 5.91 Å². The first kappa shape index (κ1) is 21.0. The second-order valence-corrected chi connectivity index (χ2v) is 7.31. The van der Waals surface area contributed by atoms with E-state index >= 15 is 0 Å². The number of hydrogen-bond acceptors (Lipinski definition) is 6. The van der Waals surface area contributed by atoms with Crippen LogP contribution < -0.4 is 14.8 Å². The first-order valence-corrected chi connectivity index (χ1v) is 9.98. The fourth-order valence-corrected chi connectivity index (χ4v) is 3.50. The maximum Gasteiger partial charge on any atom is 0.338 e. The number of nitriles is 1. The molecule has 3 aromatic rings. The third kappa shape index (κ3) is 4.14. The van der Waals surface area contributed by atoms with Gasteiger partial charge in [-0.2, -0.15) is 5.26 Å².